The number of halogens is 5. The van der Waals surface area contributed by atoms with E-state index < -0.39 is 18.2 Å². The van der Waals surface area contributed by atoms with Gasteiger partial charge >= 0.3 is 18.1 Å². The van der Waals surface area contributed by atoms with Crippen molar-refractivity contribution in [3.8, 4) is 0 Å². The van der Waals surface area contributed by atoms with Gasteiger partial charge in [0.15, 0.2) is 0 Å². The SMILES string of the molecule is Nc1c(Cl)cc(C(CNCCCSC2CCOC2=O)OC(=O)C(F)(F)F)cc1Cl. The predicted molar refractivity (Wildman–Crippen MR) is 105 cm³/mol. The number of nitrogen functional groups attached to an aromatic ring is 1. The van der Waals surface area contributed by atoms with Crippen LogP contribution in [0, 0.1) is 0 Å². The lowest BCUT2D eigenvalue weighted by Crippen LogP contribution is -2.32. The number of rotatable bonds is 9. The lowest BCUT2D eigenvalue weighted by molar-refractivity contribution is -0.205. The van der Waals surface area contributed by atoms with Crippen LogP contribution in [-0.4, -0.2) is 48.8 Å². The monoisotopic (exact) mass is 474 g/mol. The van der Waals surface area contributed by atoms with E-state index in [9.17, 15) is 22.8 Å². The maximum Gasteiger partial charge on any atom is 0.490 e. The number of hydrogen-bond acceptors (Lipinski definition) is 7. The van der Waals surface area contributed by atoms with E-state index in [2.05, 4.69) is 10.1 Å². The van der Waals surface area contributed by atoms with Crippen molar-refractivity contribution in [3.05, 3.63) is 27.7 Å². The van der Waals surface area contributed by atoms with Gasteiger partial charge in [0.05, 0.1) is 22.3 Å². The molecule has 1 saturated heterocycles. The number of carbonyl (C=O) groups is 2. The minimum absolute atomic E-state index is 0.0420. The second-order valence-corrected chi connectivity index (χ2v) is 8.29. The van der Waals surface area contributed by atoms with E-state index in [1.165, 1.54) is 23.9 Å². The normalized spacial score (nSPS) is 17.8. The number of esters is 2. The molecule has 0 spiro atoms. The zero-order chi connectivity index (χ0) is 21.6. The molecule has 0 aliphatic carbocycles. The van der Waals surface area contributed by atoms with Gasteiger partial charge in [0, 0.05) is 13.0 Å². The van der Waals surface area contributed by atoms with E-state index in [1.54, 1.807) is 0 Å². The van der Waals surface area contributed by atoms with Gasteiger partial charge < -0.3 is 20.5 Å². The van der Waals surface area contributed by atoms with Gasteiger partial charge in [-0.1, -0.05) is 23.2 Å². The lowest BCUT2D eigenvalue weighted by Gasteiger charge is -2.21. The fraction of sp³-hybridized carbons (Fsp3) is 0.529. The minimum atomic E-state index is -5.13. The summed E-state index contributed by atoms with van der Waals surface area (Å²) in [5, 5.41) is 2.85. The highest BCUT2D eigenvalue weighted by Gasteiger charge is 2.42. The van der Waals surface area contributed by atoms with Crippen LogP contribution >= 0.6 is 35.0 Å². The van der Waals surface area contributed by atoms with Crippen molar-refractivity contribution in [1.82, 2.24) is 5.32 Å². The summed E-state index contributed by atoms with van der Waals surface area (Å²) in [6.07, 6.45) is -5.08. The van der Waals surface area contributed by atoms with Crippen LogP contribution in [0.5, 0.6) is 0 Å². The molecule has 1 aliphatic heterocycles. The first-order valence-corrected chi connectivity index (χ1v) is 10.4. The van der Waals surface area contributed by atoms with Crippen molar-refractivity contribution >= 4 is 52.6 Å². The molecule has 6 nitrogen and oxygen atoms in total. The molecule has 2 rings (SSSR count). The maximum absolute atomic E-state index is 12.6. The lowest BCUT2D eigenvalue weighted by atomic mass is 10.1. The van der Waals surface area contributed by atoms with Crippen molar-refractivity contribution < 1.29 is 32.2 Å². The molecule has 0 bridgehead atoms. The van der Waals surface area contributed by atoms with Crippen LogP contribution in [0.15, 0.2) is 12.1 Å². The maximum atomic E-state index is 12.6. The van der Waals surface area contributed by atoms with Crippen molar-refractivity contribution in [1.29, 1.82) is 0 Å². The number of nitrogens with one attached hydrogen (secondary N) is 1. The van der Waals surface area contributed by atoms with E-state index in [0.717, 1.165) is 0 Å². The Bertz CT molecular complexity index is 729. The van der Waals surface area contributed by atoms with Gasteiger partial charge in [0.2, 0.25) is 0 Å². The number of nitrogens with two attached hydrogens (primary N) is 1. The average molecular weight is 475 g/mol. The third kappa shape index (κ3) is 7.13. The van der Waals surface area contributed by atoms with Gasteiger partial charge in [-0.15, -0.1) is 11.8 Å². The third-order valence-electron chi connectivity index (χ3n) is 3.99. The summed E-state index contributed by atoms with van der Waals surface area (Å²) < 4.78 is 47.3. The largest absolute Gasteiger partial charge is 0.490 e. The van der Waals surface area contributed by atoms with E-state index in [-0.39, 0.29) is 39.1 Å². The van der Waals surface area contributed by atoms with E-state index in [4.69, 9.17) is 33.7 Å². The second-order valence-electron chi connectivity index (χ2n) is 6.16. The van der Waals surface area contributed by atoms with Gasteiger partial charge in [-0.05, 0) is 36.4 Å². The summed E-state index contributed by atoms with van der Waals surface area (Å²) in [4.78, 5) is 22.7. The number of benzene rings is 1. The van der Waals surface area contributed by atoms with Crippen LogP contribution in [-0.2, 0) is 19.1 Å². The number of cyclic esters (lactones) is 1. The Morgan fingerprint density at radius 3 is 2.59 bits per heavy atom. The number of carbonyl (C=O) groups excluding carboxylic acids is 2. The second kappa shape index (κ2) is 10.6. The van der Waals surface area contributed by atoms with Crippen LogP contribution in [0.3, 0.4) is 0 Å². The highest BCUT2D eigenvalue weighted by Crippen LogP contribution is 2.33. The molecule has 0 amide bonds. The molecule has 0 radical (unpaired) electrons. The topological polar surface area (TPSA) is 90.7 Å². The Morgan fingerprint density at radius 1 is 1.38 bits per heavy atom. The van der Waals surface area contributed by atoms with Crippen molar-refractivity contribution in [2.24, 2.45) is 0 Å². The van der Waals surface area contributed by atoms with Gasteiger partial charge in [0.1, 0.15) is 11.4 Å². The first-order chi connectivity index (χ1) is 13.6. The Hall–Kier alpha value is -1.36. The van der Waals surface area contributed by atoms with Crippen LogP contribution in [0.4, 0.5) is 18.9 Å². The van der Waals surface area contributed by atoms with Crippen LogP contribution < -0.4 is 11.1 Å². The Kier molecular flexibility index (Phi) is 8.74. The summed E-state index contributed by atoms with van der Waals surface area (Å²) in [5.41, 5.74) is 5.90. The number of alkyl halides is 3. The van der Waals surface area contributed by atoms with E-state index >= 15 is 0 Å². The Morgan fingerprint density at radius 2 is 2.03 bits per heavy atom. The molecular formula is C17H19Cl2F3N2O4S. The first kappa shape index (κ1) is 23.9. The van der Waals surface area contributed by atoms with Crippen molar-refractivity contribution in [3.63, 3.8) is 0 Å². The molecule has 162 valence electrons. The van der Waals surface area contributed by atoms with Crippen molar-refractivity contribution in [2.45, 2.75) is 30.4 Å². The molecule has 0 saturated carbocycles. The smallest absolute Gasteiger partial charge is 0.465 e. The van der Waals surface area contributed by atoms with E-state index in [0.29, 0.717) is 31.7 Å². The molecular weight excluding hydrogens is 456 g/mol. The molecule has 1 heterocycles. The Labute approximate surface area is 179 Å². The van der Waals surface area contributed by atoms with E-state index in [1.807, 2.05) is 0 Å². The molecule has 1 aromatic carbocycles. The summed E-state index contributed by atoms with van der Waals surface area (Å²) in [6, 6.07) is 2.61. The summed E-state index contributed by atoms with van der Waals surface area (Å²) in [6.45, 7) is 0.771. The molecule has 0 aromatic heterocycles. The van der Waals surface area contributed by atoms with Gasteiger partial charge in [-0.3, -0.25) is 4.79 Å². The van der Waals surface area contributed by atoms with Crippen LogP contribution in [0.25, 0.3) is 0 Å². The number of thioether (sulfide) groups is 1. The predicted octanol–water partition coefficient (Wildman–Crippen LogP) is 3.75. The summed E-state index contributed by atoms with van der Waals surface area (Å²) in [5.74, 6) is -1.87. The molecule has 1 fully saturated rings. The third-order valence-corrected chi connectivity index (χ3v) is 5.97. The van der Waals surface area contributed by atoms with Crippen molar-refractivity contribution in [2.75, 3.05) is 31.2 Å². The zero-order valence-electron chi connectivity index (χ0n) is 15.1. The average Bonchev–Trinajstić information content (AvgIpc) is 3.05. The Balaban J connectivity index is 1.91. The summed E-state index contributed by atoms with van der Waals surface area (Å²) in [7, 11) is 0. The van der Waals surface area contributed by atoms with Gasteiger partial charge in [-0.25, -0.2) is 4.79 Å². The zero-order valence-corrected chi connectivity index (χ0v) is 17.4. The first-order valence-electron chi connectivity index (χ1n) is 8.60. The number of ether oxygens (including phenoxy) is 2. The molecule has 2 atom stereocenters. The number of anilines is 1. The standard InChI is InChI=1S/C17H19Cl2F3N2O4S/c18-10-6-9(7-11(19)14(10)23)12(28-16(26)17(20,21)22)8-24-3-1-5-29-13-2-4-27-15(13)25/h6-7,12-13,24H,1-5,8,23H2. The fourth-order valence-corrected chi connectivity index (χ4v) is 4.06. The van der Waals surface area contributed by atoms with Gasteiger partial charge in [-0.2, -0.15) is 13.2 Å². The summed E-state index contributed by atoms with van der Waals surface area (Å²) >= 11 is 13.3. The molecule has 29 heavy (non-hydrogen) atoms. The molecule has 1 aliphatic rings. The molecule has 12 heteroatoms. The van der Waals surface area contributed by atoms with Crippen LogP contribution in [0.2, 0.25) is 10.0 Å². The highest BCUT2D eigenvalue weighted by atomic mass is 35.5. The van der Waals surface area contributed by atoms with Crippen LogP contribution in [0.1, 0.15) is 24.5 Å². The van der Waals surface area contributed by atoms with Gasteiger partial charge in [0.25, 0.3) is 0 Å². The fourth-order valence-electron chi connectivity index (χ4n) is 2.50. The minimum Gasteiger partial charge on any atom is -0.465 e. The molecule has 2 unspecified atom stereocenters. The molecule has 1 aromatic rings. The number of hydrogen-bond donors (Lipinski definition) is 2. The molecule has 3 N–H and O–H groups in total. The quantitative estimate of drug-likeness (QED) is 0.320. The highest BCUT2D eigenvalue weighted by molar-refractivity contribution is 8.00.